The summed E-state index contributed by atoms with van der Waals surface area (Å²) >= 11 is 0. The number of benzene rings is 2. The van der Waals surface area contributed by atoms with E-state index in [1.165, 1.54) is 0 Å². The van der Waals surface area contributed by atoms with Gasteiger partial charge in [0.1, 0.15) is 11.8 Å². The maximum Gasteiger partial charge on any atom is 0.262 e. The molecule has 0 unspecified atom stereocenters. The highest BCUT2D eigenvalue weighted by atomic mass is 16.5. The highest BCUT2D eigenvalue weighted by molar-refractivity contribution is 6.22. The number of methoxy groups -OCH3 is 1. The molecule has 0 saturated carbocycles. The van der Waals surface area contributed by atoms with Crippen molar-refractivity contribution in [3.8, 4) is 5.75 Å². The first-order valence-electron chi connectivity index (χ1n) is 9.35. The first kappa shape index (κ1) is 19.6. The number of imide groups is 1. The fourth-order valence-corrected chi connectivity index (χ4v) is 3.35. The number of carbonyl (C=O) groups is 3. The Morgan fingerprint density at radius 2 is 1.61 bits per heavy atom. The van der Waals surface area contributed by atoms with Crippen molar-refractivity contribution in [3.63, 3.8) is 0 Å². The molecule has 0 bridgehead atoms. The van der Waals surface area contributed by atoms with Crippen LogP contribution in [0.15, 0.2) is 48.5 Å². The van der Waals surface area contributed by atoms with Crippen molar-refractivity contribution < 1.29 is 19.1 Å². The summed E-state index contributed by atoms with van der Waals surface area (Å²) in [4.78, 5) is 39.8. The van der Waals surface area contributed by atoms with E-state index in [2.05, 4.69) is 5.32 Å². The third-order valence-corrected chi connectivity index (χ3v) is 5.18. The number of hydrogen-bond acceptors (Lipinski definition) is 4. The molecule has 2 aromatic carbocycles. The molecule has 1 aliphatic heterocycles. The molecular weight excluding hydrogens is 356 g/mol. The zero-order valence-electron chi connectivity index (χ0n) is 16.3. The van der Waals surface area contributed by atoms with E-state index >= 15 is 0 Å². The Morgan fingerprint density at radius 1 is 1.04 bits per heavy atom. The molecule has 1 heterocycles. The molecule has 1 N–H and O–H groups in total. The van der Waals surface area contributed by atoms with Crippen LogP contribution >= 0.6 is 0 Å². The summed E-state index contributed by atoms with van der Waals surface area (Å²) < 4.78 is 5.13. The second kappa shape index (κ2) is 8.25. The molecule has 6 nitrogen and oxygen atoms in total. The Hall–Kier alpha value is -3.15. The summed E-state index contributed by atoms with van der Waals surface area (Å²) in [6.07, 6.45) is 0.661. The highest BCUT2D eigenvalue weighted by Gasteiger charge is 2.44. The summed E-state index contributed by atoms with van der Waals surface area (Å²) in [6.45, 7) is 4.12. The SMILES string of the molecule is CC[C@H](C)[C@@H](C(=O)NCc1ccc(OC)cc1)N1C(=O)c2ccccc2C1=O. The maximum absolute atomic E-state index is 13.0. The van der Waals surface area contributed by atoms with E-state index in [9.17, 15) is 14.4 Å². The van der Waals surface area contributed by atoms with Gasteiger partial charge in [0.05, 0.1) is 18.2 Å². The molecule has 3 amide bonds. The topological polar surface area (TPSA) is 75.7 Å². The second-order valence-electron chi connectivity index (χ2n) is 6.92. The fourth-order valence-electron chi connectivity index (χ4n) is 3.35. The summed E-state index contributed by atoms with van der Waals surface area (Å²) in [5, 5.41) is 2.87. The van der Waals surface area contributed by atoms with Crippen molar-refractivity contribution in [1.82, 2.24) is 10.2 Å². The molecule has 6 heteroatoms. The lowest BCUT2D eigenvalue weighted by Crippen LogP contribution is -2.52. The molecule has 0 saturated heterocycles. The van der Waals surface area contributed by atoms with Crippen molar-refractivity contribution in [2.75, 3.05) is 7.11 Å². The van der Waals surface area contributed by atoms with Crippen LogP contribution in [-0.4, -0.2) is 35.8 Å². The Bertz CT molecular complexity index is 857. The third kappa shape index (κ3) is 3.63. The minimum absolute atomic E-state index is 0.168. The molecule has 3 rings (SSSR count). The fraction of sp³-hybridized carbons (Fsp3) is 0.318. The highest BCUT2D eigenvalue weighted by Crippen LogP contribution is 2.28. The van der Waals surface area contributed by atoms with Crippen LogP contribution in [0, 0.1) is 5.92 Å². The van der Waals surface area contributed by atoms with E-state index in [0.29, 0.717) is 24.1 Å². The van der Waals surface area contributed by atoms with Crippen molar-refractivity contribution in [1.29, 1.82) is 0 Å². The lowest BCUT2D eigenvalue weighted by atomic mass is 9.96. The standard InChI is InChI=1S/C22H24N2O4/c1-4-14(2)19(20(25)23-13-15-9-11-16(28-3)12-10-15)24-21(26)17-7-5-6-8-18(17)22(24)27/h5-12,14,19H,4,13H2,1-3H3,(H,23,25)/t14-,19-/m0/s1. The molecule has 0 aliphatic carbocycles. The molecular formula is C22H24N2O4. The first-order valence-corrected chi connectivity index (χ1v) is 9.35. The number of hydrogen-bond donors (Lipinski definition) is 1. The molecule has 2 atom stereocenters. The van der Waals surface area contributed by atoms with Gasteiger partial charge in [-0.05, 0) is 35.7 Å². The van der Waals surface area contributed by atoms with Crippen LogP contribution in [0.3, 0.4) is 0 Å². The van der Waals surface area contributed by atoms with Gasteiger partial charge in [-0.1, -0.05) is 44.5 Å². The van der Waals surface area contributed by atoms with Crippen molar-refractivity contribution in [2.24, 2.45) is 5.92 Å². The van der Waals surface area contributed by atoms with Gasteiger partial charge in [-0.25, -0.2) is 0 Å². The Balaban J connectivity index is 1.79. The molecule has 0 fully saturated rings. The summed E-state index contributed by atoms with van der Waals surface area (Å²) in [5.41, 5.74) is 1.60. The van der Waals surface area contributed by atoms with Gasteiger partial charge in [0.2, 0.25) is 5.91 Å². The van der Waals surface area contributed by atoms with Crippen LogP contribution in [0.1, 0.15) is 46.5 Å². The number of nitrogens with zero attached hydrogens (tertiary/aromatic N) is 1. The molecule has 2 aromatic rings. The monoisotopic (exact) mass is 380 g/mol. The van der Waals surface area contributed by atoms with E-state index < -0.39 is 17.9 Å². The van der Waals surface area contributed by atoms with Crippen molar-refractivity contribution >= 4 is 17.7 Å². The van der Waals surface area contributed by atoms with Crippen LogP contribution < -0.4 is 10.1 Å². The zero-order chi connectivity index (χ0) is 20.3. The minimum Gasteiger partial charge on any atom is -0.497 e. The lowest BCUT2D eigenvalue weighted by molar-refractivity contribution is -0.126. The van der Waals surface area contributed by atoms with Crippen LogP contribution in [0.5, 0.6) is 5.75 Å². The van der Waals surface area contributed by atoms with E-state index in [-0.39, 0.29) is 11.8 Å². The van der Waals surface area contributed by atoms with E-state index in [4.69, 9.17) is 4.74 Å². The number of fused-ring (bicyclic) bond motifs is 1. The van der Waals surface area contributed by atoms with Gasteiger partial charge >= 0.3 is 0 Å². The molecule has 0 aromatic heterocycles. The number of ether oxygens (including phenoxy) is 1. The van der Waals surface area contributed by atoms with Crippen LogP contribution in [-0.2, 0) is 11.3 Å². The Morgan fingerprint density at radius 3 is 2.11 bits per heavy atom. The average molecular weight is 380 g/mol. The van der Waals surface area contributed by atoms with E-state index in [1.54, 1.807) is 31.4 Å². The average Bonchev–Trinajstić information content (AvgIpc) is 2.98. The Kier molecular flexibility index (Phi) is 5.78. The summed E-state index contributed by atoms with van der Waals surface area (Å²) in [6, 6.07) is 13.2. The van der Waals surface area contributed by atoms with Gasteiger partial charge in [0.15, 0.2) is 0 Å². The first-order chi connectivity index (χ1) is 13.5. The van der Waals surface area contributed by atoms with Crippen molar-refractivity contribution in [2.45, 2.75) is 32.9 Å². The largest absolute Gasteiger partial charge is 0.497 e. The van der Waals surface area contributed by atoms with Crippen LogP contribution in [0.25, 0.3) is 0 Å². The maximum atomic E-state index is 13.0. The van der Waals surface area contributed by atoms with E-state index in [0.717, 1.165) is 16.2 Å². The van der Waals surface area contributed by atoms with Gasteiger partial charge < -0.3 is 10.1 Å². The van der Waals surface area contributed by atoms with Gasteiger partial charge in [-0.15, -0.1) is 0 Å². The van der Waals surface area contributed by atoms with Gasteiger partial charge in [-0.2, -0.15) is 0 Å². The molecule has 0 radical (unpaired) electrons. The smallest absolute Gasteiger partial charge is 0.262 e. The van der Waals surface area contributed by atoms with E-state index in [1.807, 2.05) is 38.1 Å². The third-order valence-electron chi connectivity index (χ3n) is 5.18. The van der Waals surface area contributed by atoms with Gasteiger partial charge in [0, 0.05) is 6.54 Å². The molecule has 1 aliphatic rings. The molecule has 146 valence electrons. The zero-order valence-corrected chi connectivity index (χ0v) is 16.3. The summed E-state index contributed by atoms with van der Waals surface area (Å²) in [7, 11) is 1.59. The molecule has 28 heavy (non-hydrogen) atoms. The second-order valence-corrected chi connectivity index (χ2v) is 6.92. The number of carbonyl (C=O) groups excluding carboxylic acids is 3. The van der Waals surface area contributed by atoms with Crippen molar-refractivity contribution in [3.05, 3.63) is 65.2 Å². The molecule has 0 spiro atoms. The number of rotatable bonds is 7. The predicted molar refractivity (Wildman–Crippen MR) is 105 cm³/mol. The van der Waals surface area contributed by atoms with Gasteiger partial charge in [-0.3, -0.25) is 19.3 Å². The number of nitrogens with one attached hydrogen (secondary N) is 1. The Labute approximate surface area is 164 Å². The van der Waals surface area contributed by atoms with Crippen LogP contribution in [0.4, 0.5) is 0 Å². The summed E-state index contributed by atoms with van der Waals surface area (Å²) in [5.74, 6) is -0.590. The predicted octanol–water partition coefficient (Wildman–Crippen LogP) is 3.02. The van der Waals surface area contributed by atoms with Crippen LogP contribution in [0.2, 0.25) is 0 Å². The normalized spacial score (nSPS) is 15.2. The quantitative estimate of drug-likeness (QED) is 0.749. The minimum atomic E-state index is -0.851. The number of amides is 3. The lowest BCUT2D eigenvalue weighted by Gasteiger charge is -2.29. The van der Waals surface area contributed by atoms with Gasteiger partial charge in [0.25, 0.3) is 11.8 Å².